The molecule has 0 aliphatic carbocycles. The fourth-order valence-corrected chi connectivity index (χ4v) is 4.12. The van der Waals surface area contributed by atoms with Gasteiger partial charge in [0.25, 0.3) is 0 Å². The molecule has 0 saturated carbocycles. The quantitative estimate of drug-likeness (QED) is 0.437. The van der Waals surface area contributed by atoms with Crippen LogP contribution < -0.4 is 4.90 Å². The van der Waals surface area contributed by atoms with Crippen LogP contribution in [0.2, 0.25) is 0 Å². The Bertz CT molecular complexity index is 1040. The van der Waals surface area contributed by atoms with Gasteiger partial charge in [0.1, 0.15) is 11.9 Å². The fourth-order valence-electron chi connectivity index (χ4n) is 3.77. The Morgan fingerprint density at radius 2 is 1.67 bits per heavy atom. The van der Waals surface area contributed by atoms with E-state index in [-0.39, 0.29) is 18.2 Å². The van der Waals surface area contributed by atoms with Gasteiger partial charge in [-0.15, -0.1) is 0 Å². The van der Waals surface area contributed by atoms with Crippen molar-refractivity contribution in [3.05, 3.63) is 57.2 Å². The Balaban J connectivity index is 1.63. The van der Waals surface area contributed by atoms with E-state index in [9.17, 15) is 31.1 Å². The van der Waals surface area contributed by atoms with Gasteiger partial charge in [0.2, 0.25) is 0 Å². The van der Waals surface area contributed by atoms with Crippen molar-refractivity contribution < 1.29 is 35.9 Å². The molecular formula is C21H18BrF6N3O2. The number of benzene rings is 1. The number of carbonyl (C=O) groups is 1. The average molecular weight is 538 g/mol. The molecule has 0 unspecified atom stereocenters. The molecule has 1 aromatic heterocycles. The Hall–Kier alpha value is -2.50. The van der Waals surface area contributed by atoms with E-state index in [1.54, 1.807) is 6.07 Å². The van der Waals surface area contributed by atoms with Gasteiger partial charge >= 0.3 is 18.4 Å². The summed E-state index contributed by atoms with van der Waals surface area (Å²) in [6.07, 6.45) is -11.1. The molecule has 0 bridgehead atoms. The standard InChI is InChI=1S/C21H18BrF6N3O2/c1-11-18(12-7-13(20(23,24)25)9-14(8-12)21(26,27)28)33-19(32)31(11)10-16-15(22)3-4-17(29-16)30-5-2-6-30/h3-4,7-9,11,18H,2,5-6,10H2,1H3/t11-,18-/m0/s1. The van der Waals surface area contributed by atoms with Crippen LogP contribution in [0.5, 0.6) is 0 Å². The maximum Gasteiger partial charge on any atom is 0.416 e. The smallest absolute Gasteiger partial charge is 0.416 e. The van der Waals surface area contributed by atoms with Crippen LogP contribution >= 0.6 is 15.9 Å². The lowest BCUT2D eigenvalue weighted by atomic mass is 9.97. The number of hydrogen-bond donors (Lipinski definition) is 0. The number of halogens is 7. The normalized spacial score (nSPS) is 21.3. The number of alkyl halides is 6. The lowest BCUT2D eigenvalue weighted by Crippen LogP contribution is -2.38. The monoisotopic (exact) mass is 537 g/mol. The highest BCUT2D eigenvalue weighted by molar-refractivity contribution is 9.10. The van der Waals surface area contributed by atoms with Crippen molar-refractivity contribution in [2.75, 3.05) is 18.0 Å². The zero-order valence-electron chi connectivity index (χ0n) is 17.2. The Morgan fingerprint density at radius 3 is 2.18 bits per heavy atom. The van der Waals surface area contributed by atoms with Crippen LogP contribution in [-0.2, 0) is 23.6 Å². The molecule has 5 nitrogen and oxygen atoms in total. The van der Waals surface area contributed by atoms with Gasteiger partial charge in [0, 0.05) is 17.6 Å². The molecule has 3 heterocycles. The average Bonchev–Trinajstić information content (AvgIpc) is 2.95. The summed E-state index contributed by atoms with van der Waals surface area (Å²) in [6.45, 7) is 3.20. The highest BCUT2D eigenvalue weighted by Crippen LogP contribution is 2.41. The first-order valence-corrected chi connectivity index (χ1v) is 10.8. The molecule has 0 spiro atoms. The van der Waals surface area contributed by atoms with E-state index in [0.29, 0.717) is 22.3 Å². The number of pyridine rings is 1. The molecule has 2 aliphatic rings. The van der Waals surface area contributed by atoms with Gasteiger partial charge in [-0.1, -0.05) is 0 Å². The van der Waals surface area contributed by atoms with Crippen molar-refractivity contribution in [3.63, 3.8) is 0 Å². The summed E-state index contributed by atoms with van der Waals surface area (Å²) in [4.78, 5) is 20.4. The zero-order valence-corrected chi connectivity index (χ0v) is 18.8. The van der Waals surface area contributed by atoms with Gasteiger partial charge in [0.05, 0.1) is 29.4 Å². The van der Waals surface area contributed by atoms with Crippen molar-refractivity contribution in [3.8, 4) is 0 Å². The van der Waals surface area contributed by atoms with Gasteiger partial charge in [-0.05, 0) is 65.2 Å². The molecule has 2 saturated heterocycles. The summed E-state index contributed by atoms with van der Waals surface area (Å²) < 4.78 is 85.3. The van der Waals surface area contributed by atoms with E-state index < -0.39 is 41.7 Å². The van der Waals surface area contributed by atoms with Gasteiger partial charge in [0.15, 0.2) is 0 Å². The first kappa shape index (κ1) is 23.7. The molecule has 2 aliphatic heterocycles. The van der Waals surface area contributed by atoms with E-state index in [4.69, 9.17) is 4.74 Å². The molecule has 0 N–H and O–H groups in total. The van der Waals surface area contributed by atoms with Crippen LogP contribution in [0.4, 0.5) is 37.0 Å². The molecule has 0 radical (unpaired) electrons. The maximum atomic E-state index is 13.2. The number of anilines is 1. The molecule has 2 atom stereocenters. The molecule has 12 heteroatoms. The second kappa shape index (κ2) is 8.37. The minimum Gasteiger partial charge on any atom is -0.439 e. The largest absolute Gasteiger partial charge is 0.439 e. The van der Waals surface area contributed by atoms with Crippen LogP contribution in [0.1, 0.15) is 41.8 Å². The third kappa shape index (κ3) is 4.75. The Kier molecular flexibility index (Phi) is 6.00. The third-order valence-corrected chi connectivity index (χ3v) is 6.46. The molecule has 2 aromatic rings. The highest BCUT2D eigenvalue weighted by Gasteiger charge is 2.43. The molecule has 1 aromatic carbocycles. The predicted octanol–water partition coefficient (Wildman–Crippen LogP) is 6.17. The SMILES string of the molecule is C[C@H]1[C@@H](c2cc(C(F)(F)F)cc(C(F)(F)F)c2)OC(=O)N1Cc1nc(N2CCC2)ccc1Br. The van der Waals surface area contributed by atoms with Crippen LogP contribution in [0.15, 0.2) is 34.8 Å². The van der Waals surface area contributed by atoms with Gasteiger partial charge in [-0.25, -0.2) is 9.78 Å². The molecule has 1 amide bonds. The number of nitrogens with zero attached hydrogens (tertiary/aromatic N) is 3. The van der Waals surface area contributed by atoms with E-state index in [1.165, 1.54) is 11.8 Å². The van der Waals surface area contributed by atoms with E-state index in [1.807, 2.05) is 11.0 Å². The second-order valence-electron chi connectivity index (χ2n) is 7.95. The number of ether oxygens (including phenoxy) is 1. The molecule has 33 heavy (non-hydrogen) atoms. The van der Waals surface area contributed by atoms with Crippen LogP contribution in [0, 0.1) is 0 Å². The number of aromatic nitrogens is 1. The van der Waals surface area contributed by atoms with E-state index in [0.717, 1.165) is 25.3 Å². The molecular weight excluding hydrogens is 520 g/mol. The highest BCUT2D eigenvalue weighted by atomic mass is 79.9. The van der Waals surface area contributed by atoms with Crippen LogP contribution in [0.25, 0.3) is 0 Å². The second-order valence-corrected chi connectivity index (χ2v) is 8.80. The molecule has 2 fully saturated rings. The topological polar surface area (TPSA) is 45.7 Å². The number of carbonyl (C=O) groups excluding carboxylic acids is 1. The fraction of sp³-hybridized carbons (Fsp3) is 0.429. The summed E-state index contributed by atoms with van der Waals surface area (Å²) in [5, 5.41) is 0. The van der Waals surface area contributed by atoms with Gasteiger partial charge in [-0.3, -0.25) is 4.90 Å². The van der Waals surface area contributed by atoms with Crippen molar-refractivity contribution in [2.45, 2.75) is 44.4 Å². The minimum atomic E-state index is -4.99. The lowest BCUT2D eigenvalue weighted by Gasteiger charge is -2.32. The Morgan fingerprint density at radius 1 is 1.06 bits per heavy atom. The van der Waals surface area contributed by atoms with Crippen molar-refractivity contribution in [2.24, 2.45) is 0 Å². The summed E-state index contributed by atoms with van der Waals surface area (Å²) in [5.74, 6) is 0.726. The summed E-state index contributed by atoms with van der Waals surface area (Å²) >= 11 is 3.38. The van der Waals surface area contributed by atoms with Gasteiger partial charge < -0.3 is 9.64 Å². The minimum absolute atomic E-state index is 0.0240. The van der Waals surface area contributed by atoms with Crippen LogP contribution in [-0.4, -0.2) is 35.1 Å². The van der Waals surface area contributed by atoms with Crippen LogP contribution in [0.3, 0.4) is 0 Å². The summed E-state index contributed by atoms with van der Waals surface area (Å²) in [5.41, 5.74) is -2.79. The molecule has 4 rings (SSSR count). The molecule has 178 valence electrons. The van der Waals surface area contributed by atoms with E-state index in [2.05, 4.69) is 20.9 Å². The lowest BCUT2D eigenvalue weighted by molar-refractivity contribution is -0.143. The van der Waals surface area contributed by atoms with E-state index >= 15 is 0 Å². The number of cyclic esters (lactones) is 1. The first-order chi connectivity index (χ1) is 15.3. The predicted molar refractivity (Wildman–Crippen MR) is 109 cm³/mol. The number of hydrogen-bond acceptors (Lipinski definition) is 4. The third-order valence-electron chi connectivity index (χ3n) is 5.73. The Labute approximate surface area is 193 Å². The number of rotatable bonds is 4. The summed E-state index contributed by atoms with van der Waals surface area (Å²) in [7, 11) is 0. The van der Waals surface area contributed by atoms with Crippen molar-refractivity contribution in [1.82, 2.24) is 9.88 Å². The first-order valence-electron chi connectivity index (χ1n) is 10.0. The van der Waals surface area contributed by atoms with Crippen molar-refractivity contribution in [1.29, 1.82) is 0 Å². The number of amides is 1. The van der Waals surface area contributed by atoms with Crippen molar-refractivity contribution >= 4 is 27.8 Å². The van der Waals surface area contributed by atoms with Gasteiger partial charge in [-0.2, -0.15) is 26.3 Å². The zero-order chi connectivity index (χ0) is 24.1. The summed E-state index contributed by atoms with van der Waals surface area (Å²) in [6, 6.07) is 4.00. The maximum absolute atomic E-state index is 13.2.